The Kier molecular flexibility index (Phi) is 2.33. The highest BCUT2D eigenvalue weighted by molar-refractivity contribution is 5.78. The van der Waals surface area contributed by atoms with Gasteiger partial charge in [-0.1, -0.05) is 12.1 Å². The summed E-state index contributed by atoms with van der Waals surface area (Å²) in [5.41, 5.74) is 11.4. The molecule has 2 aromatic carbocycles. The van der Waals surface area contributed by atoms with Gasteiger partial charge in [-0.3, -0.25) is 0 Å². The van der Waals surface area contributed by atoms with E-state index in [1.807, 2.05) is 50.2 Å². The monoisotopic (exact) mass is 238 g/mol. The molecule has 3 nitrogen and oxygen atoms in total. The zero-order valence-electron chi connectivity index (χ0n) is 10.4. The Hall–Kier alpha value is -2.29. The van der Waals surface area contributed by atoms with E-state index in [2.05, 4.69) is 4.98 Å². The number of nitrogens with zero attached hydrogens (tertiary/aromatic N) is 1. The van der Waals surface area contributed by atoms with Crippen molar-refractivity contribution in [2.24, 2.45) is 0 Å². The van der Waals surface area contributed by atoms with E-state index in [0.29, 0.717) is 11.6 Å². The van der Waals surface area contributed by atoms with Crippen LogP contribution in [-0.2, 0) is 0 Å². The van der Waals surface area contributed by atoms with Gasteiger partial charge in [0.2, 0.25) is 5.89 Å². The summed E-state index contributed by atoms with van der Waals surface area (Å²) < 4.78 is 5.80. The molecule has 0 radical (unpaired) electrons. The molecule has 0 aliphatic carbocycles. The molecule has 3 heteroatoms. The van der Waals surface area contributed by atoms with Crippen LogP contribution in [0.25, 0.3) is 22.6 Å². The molecule has 90 valence electrons. The molecule has 0 saturated carbocycles. The van der Waals surface area contributed by atoms with Crippen molar-refractivity contribution in [3.05, 3.63) is 47.5 Å². The Morgan fingerprint density at radius 3 is 2.72 bits per heavy atom. The van der Waals surface area contributed by atoms with E-state index in [-0.39, 0.29) is 0 Å². The molecule has 0 bridgehead atoms. The maximum atomic E-state index is 5.81. The van der Waals surface area contributed by atoms with Crippen molar-refractivity contribution >= 4 is 16.8 Å². The molecule has 0 aliphatic heterocycles. The molecule has 0 unspecified atom stereocenters. The Morgan fingerprint density at radius 2 is 1.89 bits per heavy atom. The van der Waals surface area contributed by atoms with Crippen molar-refractivity contribution in [1.82, 2.24) is 4.98 Å². The average molecular weight is 238 g/mol. The minimum atomic E-state index is 0.625. The van der Waals surface area contributed by atoms with Gasteiger partial charge in [0, 0.05) is 11.3 Å². The molecule has 0 atom stereocenters. The second kappa shape index (κ2) is 3.88. The number of aromatic nitrogens is 1. The number of nitrogens with two attached hydrogens (primary N) is 1. The van der Waals surface area contributed by atoms with Gasteiger partial charge in [0.1, 0.15) is 5.52 Å². The summed E-state index contributed by atoms with van der Waals surface area (Å²) in [6.07, 6.45) is 0. The molecular formula is C15H14N2O. The third-order valence-corrected chi connectivity index (χ3v) is 3.04. The van der Waals surface area contributed by atoms with E-state index >= 15 is 0 Å². The third-order valence-electron chi connectivity index (χ3n) is 3.04. The fourth-order valence-electron chi connectivity index (χ4n) is 2.02. The Bertz CT molecular complexity index is 728. The fraction of sp³-hybridized carbons (Fsp3) is 0.133. The average Bonchev–Trinajstić information content (AvgIpc) is 2.74. The molecular weight excluding hydrogens is 224 g/mol. The Balaban J connectivity index is 2.22. The van der Waals surface area contributed by atoms with Crippen LogP contribution in [0.15, 0.2) is 40.8 Å². The van der Waals surface area contributed by atoms with E-state index in [1.165, 1.54) is 0 Å². The first-order chi connectivity index (χ1) is 8.63. The maximum absolute atomic E-state index is 5.81. The van der Waals surface area contributed by atoms with Gasteiger partial charge in [-0.25, -0.2) is 4.98 Å². The number of nitrogen functional groups attached to an aromatic ring is 1. The molecule has 0 saturated heterocycles. The lowest BCUT2D eigenvalue weighted by Gasteiger charge is -2.01. The van der Waals surface area contributed by atoms with E-state index in [4.69, 9.17) is 10.2 Å². The van der Waals surface area contributed by atoms with Gasteiger partial charge in [0.05, 0.1) is 0 Å². The molecule has 3 aromatic rings. The first-order valence-corrected chi connectivity index (χ1v) is 5.87. The number of hydrogen-bond donors (Lipinski definition) is 1. The summed E-state index contributed by atoms with van der Waals surface area (Å²) >= 11 is 0. The van der Waals surface area contributed by atoms with Gasteiger partial charge < -0.3 is 10.2 Å². The molecule has 18 heavy (non-hydrogen) atoms. The SMILES string of the molecule is Cc1ccc2nc(-c3cc(N)ccc3C)oc2c1. The highest BCUT2D eigenvalue weighted by Crippen LogP contribution is 2.28. The number of fused-ring (bicyclic) bond motifs is 1. The molecule has 0 aliphatic rings. The molecule has 2 N–H and O–H groups in total. The van der Waals surface area contributed by atoms with Crippen molar-refractivity contribution in [3.63, 3.8) is 0 Å². The van der Waals surface area contributed by atoms with Gasteiger partial charge in [-0.05, 0) is 49.2 Å². The quantitative estimate of drug-likeness (QED) is 0.658. The standard InChI is InChI=1S/C15H14N2O/c1-9-3-6-13-14(7-9)18-15(17-13)12-8-11(16)5-4-10(12)2/h3-8H,16H2,1-2H3. The van der Waals surface area contributed by atoms with Crippen LogP contribution in [0.2, 0.25) is 0 Å². The van der Waals surface area contributed by atoms with Gasteiger partial charge in [-0.2, -0.15) is 0 Å². The van der Waals surface area contributed by atoms with E-state index in [9.17, 15) is 0 Å². The Morgan fingerprint density at radius 1 is 1.06 bits per heavy atom. The van der Waals surface area contributed by atoms with Gasteiger partial charge in [0.25, 0.3) is 0 Å². The fourth-order valence-corrected chi connectivity index (χ4v) is 2.02. The van der Waals surface area contributed by atoms with E-state index in [1.54, 1.807) is 0 Å². The summed E-state index contributed by atoms with van der Waals surface area (Å²) in [6.45, 7) is 4.06. The predicted octanol–water partition coefficient (Wildman–Crippen LogP) is 3.69. The predicted molar refractivity (Wildman–Crippen MR) is 73.3 cm³/mol. The summed E-state index contributed by atoms with van der Waals surface area (Å²) in [5.74, 6) is 0.625. The van der Waals surface area contributed by atoms with Crippen LogP contribution < -0.4 is 5.73 Å². The van der Waals surface area contributed by atoms with Crippen LogP contribution in [0.5, 0.6) is 0 Å². The summed E-state index contributed by atoms with van der Waals surface area (Å²) in [4.78, 5) is 4.50. The number of hydrogen-bond acceptors (Lipinski definition) is 3. The first kappa shape index (κ1) is 10.8. The lowest BCUT2D eigenvalue weighted by atomic mass is 10.1. The van der Waals surface area contributed by atoms with Crippen LogP contribution in [0, 0.1) is 13.8 Å². The van der Waals surface area contributed by atoms with Gasteiger partial charge >= 0.3 is 0 Å². The van der Waals surface area contributed by atoms with Gasteiger partial charge in [0.15, 0.2) is 5.58 Å². The second-order valence-electron chi connectivity index (χ2n) is 4.56. The molecule has 0 fully saturated rings. The van der Waals surface area contributed by atoms with Crippen molar-refractivity contribution in [2.75, 3.05) is 5.73 Å². The molecule has 0 spiro atoms. The Labute approximate surface area is 105 Å². The van der Waals surface area contributed by atoms with Crippen LogP contribution >= 0.6 is 0 Å². The first-order valence-electron chi connectivity index (χ1n) is 5.87. The molecule has 1 aromatic heterocycles. The zero-order valence-corrected chi connectivity index (χ0v) is 10.4. The van der Waals surface area contributed by atoms with E-state index in [0.717, 1.165) is 27.8 Å². The maximum Gasteiger partial charge on any atom is 0.227 e. The topological polar surface area (TPSA) is 52.0 Å². The minimum Gasteiger partial charge on any atom is -0.436 e. The highest BCUT2D eigenvalue weighted by atomic mass is 16.3. The smallest absolute Gasteiger partial charge is 0.227 e. The number of benzene rings is 2. The van der Waals surface area contributed by atoms with Crippen LogP contribution in [0.4, 0.5) is 5.69 Å². The highest BCUT2D eigenvalue weighted by Gasteiger charge is 2.10. The molecule has 0 amide bonds. The summed E-state index contributed by atoms with van der Waals surface area (Å²) in [7, 11) is 0. The van der Waals surface area contributed by atoms with Crippen molar-refractivity contribution in [1.29, 1.82) is 0 Å². The van der Waals surface area contributed by atoms with Crippen molar-refractivity contribution in [3.8, 4) is 11.5 Å². The van der Waals surface area contributed by atoms with Crippen LogP contribution in [0.1, 0.15) is 11.1 Å². The number of aryl methyl sites for hydroxylation is 2. The normalized spacial score (nSPS) is 11.0. The van der Waals surface area contributed by atoms with Crippen LogP contribution in [0.3, 0.4) is 0 Å². The van der Waals surface area contributed by atoms with Crippen molar-refractivity contribution in [2.45, 2.75) is 13.8 Å². The third kappa shape index (κ3) is 1.74. The zero-order chi connectivity index (χ0) is 12.7. The summed E-state index contributed by atoms with van der Waals surface area (Å²) in [5, 5.41) is 0. The number of oxazole rings is 1. The minimum absolute atomic E-state index is 0.625. The number of anilines is 1. The lowest BCUT2D eigenvalue weighted by molar-refractivity contribution is 0.619. The van der Waals surface area contributed by atoms with Gasteiger partial charge in [-0.15, -0.1) is 0 Å². The van der Waals surface area contributed by atoms with Crippen LogP contribution in [-0.4, -0.2) is 4.98 Å². The van der Waals surface area contributed by atoms with E-state index < -0.39 is 0 Å². The summed E-state index contributed by atoms with van der Waals surface area (Å²) in [6, 6.07) is 11.7. The molecule has 3 rings (SSSR count). The lowest BCUT2D eigenvalue weighted by Crippen LogP contribution is -1.88. The van der Waals surface area contributed by atoms with Crippen molar-refractivity contribution < 1.29 is 4.42 Å². The largest absolute Gasteiger partial charge is 0.436 e. The number of rotatable bonds is 1. The molecule has 1 heterocycles. The second-order valence-corrected chi connectivity index (χ2v) is 4.56.